The summed E-state index contributed by atoms with van der Waals surface area (Å²) in [6, 6.07) is 0. The van der Waals surface area contributed by atoms with Gasteiger partial charge in [0.25, 0.3) is 0 Å². The molecule has 0 amide bonds. The highest BCUT2D eigenvalue weighted by Gasteiger charge is 2.38. The number of anilines is 1. The van der Waals surface area contributed by atoms with Crippen molar-refractivity contribution >= 4 is 16.5 Å². The van der Waals surface area contributed by atoms with E-state index in [0.717, 1.165) is 0 Å². The minimum atomic E-state index is 0.546. The molecule has 0 aromatic carbocycles. The molecule has 1 aromatic heterocycles. The molecule has 0 radical (unpaired) electrons. The van der Waals surface area contributed by atoms with Crippen molar-refractivity contribution in [2.24, 2.45) is 5.41 Å². The van der Waals surface area contributed by atoms with Crippen molar-refractivity contribution in [2.45, 2.75) is 19.3 Å². The summed E-state index contributed by atoms with van der Waals surface area (Å²) in [5.74, 6) is 0. The highest BCUT2D eigenvalue weighted by Crippen LogP contribution is 2.37. The Bertz CT molecular complexity index is 317. The smallest absolute Gasteiger partial charge is 0.185 e. The Balaban J connectivity index is 1.76. The first-order valence-corrected chi connectivity index (χ1v) is 6.61. The molecule has 1 N–H and O–H groups in total. The molecule has 1 spiro atoms. The zero-order chi connectivity index (χ0) is 10.1. The zero-order valence-corrected chi connectivity index (χ0v) is 9.72. The molecule has 0 aliphatic carbocycles. The van der Waals surface area contributed by atoms with Gasteiger partial charge in [-0.15, -0.1) is 11.3 Å². The number of nitrogens with zero attached hydrogens (tertiary/aromatic N) is 2. The van der Waals surface area contributed by atoms with E-state index >= 15 is 0 Å². The van der Waals surface area contributed by atoms with E-state index in [1.807, 2.05) is 6.20 Å². The SMILES string of the molecule is c1csc(N2CCCC3(CCNC3)C2)n1. The summed E-state index contributed by atoms with van der Waals surface area (Å²) in [5.41, 5.74) is 0.546. The maximum atomic E-state index is 4.42. The molecule has 2 aliphatic heterocycles. The maximum Gasteiger partial charge on any atom is 0.185 e. The average molecular weight is 223 g/mol. The van der Waals surface area contributed by atoms with Crippen LogP contribution in [0.1, 0.15) is 19.3 Å². The van der Waals surface area contributed by atoms with E-state index < -0.39 is 0 Å². The van der Waals surface area contributed by atoms with Crippen LogP contribution in [0.25, 0.3) is 0 Å². The molecule has 1 aromatic rings. The Labute approximate surface area is 94.5 Å². The van der Waals surface area contributed by atoms with Crippen LogP contribution >= 0.6 is 11.3 Å². The van der Waals surface area contributed by atoms with Crippen molar-refractivity contribution < 1.29 is 0 Å². The minimum absolute atomic E-state index is 0.546. The predicted molar refractivity (Wildman–Crippen MR) is 63.5 cm³/mol. The van der Waals surface area contributed by atoms with Crippen LogP contribution in [0.15, 0.2) is 11.6 Å². The van der Waals surface area contributed by atoms with Crippen LogP contribution in [0.2, 0.25) is 0 Å². The van der Waals surface area contributed by atoms with Gasteiger partial charge in [0.2, 0.25) is 0 Å². The molecule has 15 heavy (non-hydrogen) atoms. The topological polar surface area (TPSA) is 28.2 Å². The van der Waals surface area contributed by atoms with Crippen molar-refractivity contribution in [1.29, 1.82) is 0 Å². The molecule has 82 valence electrons. The van der Waals surface area contributed by atoms with Gasteiger partial charge in [0.15, 0.2) is 5.13 Å². The molecular formula is C11H17N3S. The van der Waals surface area contributed by atoms with Crippen LogP contribution in [0.4, 0.5) is 5.13 Å². The second-order valence-corrected chi connectivity index (χ2v) is 5.64. The number of hydrogen-bond acceptors (Lipinski definition) is 4. The zero-order valence-electron chi connectivity index (χ0n) is 8.91. The average Bonchev–Trinajstić information content (AvgIpc) is 2.89. The number of hydrogen-bond donors (Lipinski definition) is 1. The van der Waals surface area contributed by atoms with Crippen LogP contribution in [-0.4, -0.2) is 31.2 Å². The fraction of sp³-hybridized carbons (Fsp3) is 0.727. The molecule has 3 heterocycles. The summed E-state index contributed by atoms with van der Waals surface area (Å²) < 4.78 is 0. The molecule has 4 heteroatoms. The van der Waals surface area contributed by atoms with Crippen molar-refractivity contribution in [3.8, 4) is 0 Å². The second-order valence-electron chi connectivity index (χ2n) is 4.77. The lowest BCUT2D eigenvalue weighted by Gasteiger charge is -2.39. The summed E-state index contributed by atoms with van der Waals surface area (Å²) in [4.78, 5) is 6.89. The maximum absolute atomic E-state index is 4.42. The Morgan fingerprint density at radius 2 is 2.47 bits per heavy atom. The normalized spacial score (nSPS) is 31.3. The van der Waals surface area contributed by atoms with Crippen LogP contribution in [-0.2, 0) is 0 Å². The lowest BCUT2D eigenvalue weighted by Crippen LogP contribution is -2.44. The first-order valence-electron chi connectivity index (χ1n) is 5.73. The van der Waals surface area contributed by atoms with Gasteiger partial charge < -0.3 is 10.2 Å². The quantitative estimate of drug-likeness (QED) is 0.786. The van der Waals surface area contributed by atoms with Crippen LogP contribution in [0.5, 0.6) is 0 Å². The van der Waals surface area contributed by atoms with E-state index in [2.05, 4.69) is 20.6 Å². The van der Waals surface area contributed by atoms with Crippen LogP contribution in [0.3, 0.4) is 0 Å². The third-order valence-corrected chi connectivity index (χ3v) is 4.52. The molecule has 1 unspecified atom stereocenters. The van der Waals surface area contributed by atoms with E-state index in [1.54, 1.807) is 11.3 Å². The molecule has 1 atom stereocenters. The fourth-order valence-corrected chi connectivity index (χ4v) is 3.56. The molecule has 2 saturated heterocycles. The fourth-order valence-electron chi connectivity index (χ4n) is 2.89. The monoisotopic (exact) mass is 223 g/mol. The predicted octanol–water partition coefficient (Wildman–Crippen LogP) is 1.72. The number of rotatable bonds is 1. The molecular weight excluding hydrogens is 206 g/mol. The van der Waals surface area contributed by atoms with Gasteiger partial charge >= 0.3 is 0 Å². The summed E-state index contributed by atoms with van der Waals surface area (Å²) in [6.07, 6.45) is 5.96. The van der Waals surface area contributed by atoms with Crippen molar-refractivity contribution in [2.75, 3.05) is 31.1 Å². The van der Waals surface area contributed by atoms with Gasteiger partial charge in [-0.05, 0) is 25.8 Å². The third-order valence-electron chi connectivity index (χ3n) is 3.68. The van der Waals surface area contributed by atoms with Crippen molar-refractivity contribution in [3.63, 3.8) is 0 Å². The van der Waals surface area contributed by atoms with Crippen LogP contribution < -0.4 is 10.2 Å². The lowest BCUT2D eigenvalue weighted by molar-refractivity contribution is 0.261. The summed E-state index contributed by atoms with van der Waals surface area (Å²) in [7, 11) is 0. The summed E-state index contributed by atoms with van der Waals surface area (Å²) in [5, 5.41) is 6.79. The van der Waals surface area contributed by atoms with E-state index in [0.29, 0.717) is 5.41 Å². The van der Waals surface area contributed by atoms with E-state index in [-0.39, 0.29) is 0 Å². The molecule has 2 fully saturated rings. The molecule has 2 aliphatic rings. The number of thiazole rings is 1. The van der Waals surface area contributed by atoms with Crippen LogP contribution in [0, 0.1) is 5.41 Å². The summed E-state index contributed by atoms with van der Waals surface area (Å²) in [6.45, 7) is 4.80. The minimum Gasteiger partial charge on any atom is -0.347 e. The van der Waals surface area contributed by atoms with Gasteiger partial charge in [0, 0.05) is 36.6 Å². The first kappa shape index (κ1) is 9.60. The lowest BCUT2D eigenvalue weighted by atomic mass is 9.79. The molecule has 3 nitrogen and oxygen atoms in total. The first-order chi connectivity index (χ1) is 7.38. The second kappa shape index (κ2) is 3.76. The van der Waals surface area contributed by atoms with E-state index in [9.17, 15) is 0 Å². The van der Waals surface area contributed by atoms with Gasteiger partial charge in [-0.1, -0.05) is 0 Å². The number of aromatic nitrogens is 1. The van der Waals surface area contributed by atoms with Gasteiger partial charge in [0.1, 0.15) is 0 Å². The summed E-state index contributed by atoms with van der Waals surface area (Å²) >= 11 is 1.77. The molecule has 3 rings (SSSR count). The number of nitrogens with one attached hydrogen (secondary N) is 1. The van der Waals surface area contributed by atoms with Crippen molar-refractivity contribution in [1.82, 2.24) is 10.3 Å². The third kappa shape index (κ3) is 1.76. The highest BCUT2D eigenvalue weighted by molar-refractivity contribution is 7.13. The van der Waals surface area contributed by atoms with Gasteiger partial charge in [-0.2, -0.15) is 0 Å². The van der Waals surface area contributed by atoms with E-state index in [1.165, 1.54) is 50.6 Å². The number of piperidine rings is 1. The highest BCUT2D eigenvalue weighted by atomic mass is 32.1. The van der Waals surface area contributed by atoms with E-state index in [4.69, 9.17) is 0 Å². The Kier molecular flexibility index (Phi) is 2.41. The van der Waals surface area contributed by atoms with Gasteiger partial charge in [-0.25, -0.2) is 4.98 Å². The standard InChI is InChI=1S/C11H17N3S/c1-2-11(3-4-12-8-11)9-14(6-1)10-13-5-7-15-10/h5,7,12H,1-4,6,8-9H2. The Morgan fingerprint density at radius 1 is 1.47 bits per heavy atom. The Hall–Kier alpha value is -0.610. The van der Waals surface area contributed by atoms with Gasteiger partial charge in [0.05, 0.1) is 0 Å². The van der Waals surface area contributed by atoms with Crippen molar-refractivity contribution in [3.05, 3.63) is 11.6 Å². The molecule has 0 bridgehead atoms. The largest absolute Gasteiger partial charge is 0.347 e. The molecule has 0 saturated carbocycles. The van der Waals surface area contributed by atoms with Gasteiger partial charge in [-0.3, -0.25) is 0 Å². The Morgan fingerprint density at radius 3 is 3.20 bits per heavy atom.